The van der Waals surface area contributed by atoms with Crippen molar-refractivity contribution in [2.75, 3.05) is 9.80 Å². The van der Waals surface area contributed by atoms with Crippen LogP contribution in [0, 0.1) is 27.7 Å². The van der Waals surface area contributed by atoms with E-state index in [4.69, 9.17) is 7.85 Å². The van der Waals surface area contributed by atoms with Crippen molar-refractivity contribution in [2.24, 2.45) is 0 Å². The standard InChI is InChI=1S/C53H40BBrN2/c1-33-5-15-39(16-6-33)56(40-17-7-34(2)8-18-40)43-23-27-47-48-28-24-44(57(41-19-9-35(3)10-20-41)42-21-11-36(4)12-22-42)32-52(48)53(51(47)31-43)49-29-37(54)13-25-45(49)46-26-14-38(55)30-50(46)53/h5-32H,1-4H3. The van der Waals surface area contributed by atoms with Gasteiger partial charge < -0.3 is 9.80 Å². The highest BCUT2D eigenvalue weighted by molar-refractivity contribution is 9.10. The maximum Gasteiger partial charge on any atom is 0.113 e. The van der Waals surface area contributed by atoms with Crippen LogP contribution in [-0.2, 0) is 5.41 Å². The van der Waals surface area contributed by atoms with Gasteiger partial charge in [-0.15, -0.1) is 0 Å². The molecule has 0 aromatic heterocycles. The zero-order chi connectivity index (χ0) is 39.0. The van der Waals surface area contributed by atoms with Gasteiger partial charge in [-0.25, -0.2) is 0 Å². The molecule has 57 heavy (non-hydrogen) atoms. The van der Waals surface area contributed by atoms with Crippen LogP contribution in [0.1, 0.15) is 44.5 Å². The first kappa shape index (κ1) is 35.3. The minimum absolute atomic E-state index is 0.640. The molecule has 0 saturated carbocycles. The molecule has 2 nitrogen and oxygen atoms in total. The van der Waals surface area contributed by atoms with E-state index in [-0.39, 0.29) is 0 Å². The number of benzene rings is 8. The number of rotatable bonds is 6. The van der Waals surface area contributed by atoms with E-state index < -0.39 is 5.41 Å². The molecule has 0 atom stereocenters. The lowest BCUT2D eigenvalue weighted by atomic mass is 9.69. The molecule has 0 aliphatic heterocycles. The molecule has 4 heteroatoms. The third kappa shape index (κ3) is 5.69. The van der Waals surface area contributed by atoms with Gasteiger partial charge in [0.15, 0.2) is 0 Å². The monoisotopic (exact) mass is 794 g/mol. The van der Waals surface area contributed by atoms with Gasteiger partial charge in [0.1, 0.15) is 7.85 Å². The summed E-state index contributed by atoms with van der Waals surface area (Å²) in [5, 5.41) is 0. The molecule has 0 fully saturated rings. The fourth-order valence-electron chi connectivity index (χ4n) is 9.14. The first-order valence-corrected chi connectivity index (χ1v) is 20.3. The summed E-state index contributed by atoms with van der Waals surface area (Å²) in [5.74, 6) is 0. The highest BCUT2D eigenvalue weighted by Gasteiger charge is 2.52. The van der Waals surface area contributed by atoms with Gasteiger partial charge in [0.25, 0.3) is 0 Å². The van der Waals surface area contributed by atoms with Crippen molar-refractivity contribution in [3.8, 4) is 22.3 Å². The van der Waals surface area contributed by atoms with E-state index in [0.29, 0.717) is 0 Å². The number of nitrogens with zero attached hydrogens (tertiary/aromatic N) is 2. The van der Waals surface area contributed by atoms with Gasteiger partial charge in [0.05, 0.1) is 5.41 Å². The zero-order valence-corrected chi connectivity index (χ0v) is 34.1. The fraction of sp³-hybridized carbons (Fsp3) is 0.0943. The number of halogens is 1. The van der Waals surface area contributed by atoms with Gasteiger partial charge in [-0.1, -0.05) is 129 Å². The lowest BCUT2D eigenvalue weighted by Crippen LogP contribution is -2.27. The quantitative estimate of drug-likeness (QED) is 0.155. The van der Waals surface area contributed by atoms with Gasteiger partial charge in [-0.3, -0.25) is 0 Å². The Morgan fingerprint density at radius 2 is 0.649 bits per heavy atom. The predicted octanol–water partition coefficient (Wildman–Crippen LogP) is 13.8. The summed E-state index contributed by atoms with van der Waals surface area (Å²) in [6.07, 6.45) is 0. The van der Waals surface area contributed by atoms with Crippen molar-refractivity contribution >= 4 is 63.4 Å². The van der Waals surface area contributed by atoms with Crippen LogP contribution in [0.15, 0.2) is 174 Å². The van der Waals surface area contributed by atoms with Crippen LogP contribution in [0.3, 0.4) is 0 Å². The van der Waals surface area contributed by atoms with Gasteiger partial charge in [-0.05, 0) is 157 Å². The first-order valence-electron chi connectivity index (χ1n) is 19.6. The molecule has 0 heterocycles. The smallest absolute Gasteiger partial charge is 0.113 e. The van der Waals surface area contributed by atoms with Crippen LogP contribution in [0.5, 0.6) is 0 Å². The lowest BCUT2D eigenvalue weighted by Gasteiger charge is -2.33. The van der Waals surface area contributed by atoms with E-state index >= 15 is 0 Å². The van der Waals surface area contributed by atoms with Crippen molar-refractivity contribution in [1.82, 2.24) is 0 Å². The molecule has 1 spiro atoms. The van der Waals surface area contributed by atoms with Crippen molar-refractivity contribution < 1.29 is 0 Å². The van der Waals surface area contributed by atoms with Crippen LogP contribution in [-0.4, -0.2) is 7.85 Å². The van der Waals surface area contributed by atoms with Crippen molar-refractivity contribution in [3.63, 3.8) is 0 Å². The number of hydrogen-bond donors (Lipinski definition) is 0. The summed E-state index contributed by atoms with van der Waals surface area (Å²) in [6, 6.07) is 62.7. The summed E-state index contributed by atoms with van der Waals surface area (Å²) < 4.78 is 1.05. The Hall–Kier alpha value is -6.10. The highest BCUT2D eigenvalue weighted by Crippen LogP contribution is 2.64. The Kier molecular flexibility index (Phi) is 8.39. The van der Waals surface area contributed by atoms with E-state index in [2.05, 4.69) is 217 Å². The first-order chi connectivity index (χ1) is 27.7. The fourth-order valence-corrected chi connectivity index (χ4v) is 9.50. The van der Waals surface area contributed by atoms with E-state index in [1.54, 1.807) is 0 Å². The third-order valence-corrected chi connectivity index (χ3v) is 12.4. The predicted molar refractivity (Wildman–Crippen MR) is 244 cm³/mol. The second kappa shape index (κ2) is 13.5. The zero-order valence-electron chi connectivity index (χ0n) is 32.5. The Labute approximate surface area is 345 Å². The molecule has 10 rings (SSSR count). The van der Waals surface area contributed by atoms with E-state index in [0.717, 1.165) is 44.1 Å². The SMILES string of the molecule is [B]c1ccc2c(c1)C1(c3cc(Br)ccc3-2)c2cc(N(c3ccc(C)cc3)c3ccc(C)cc3)ccc2-c2ccc(N(c3ccc(C)cc3)c3ccc(C)cc3)cc21. The van der Waals surface area contributed by atoms with Crippen molar-refractivity contribution in [2.45, 2.75) is 33.1 Å². The Balaban J connectivity index is 1.27. The van der Waals surface area contributed by atoms with Crippen LogP contribution in [0.25, 0.3) is 22.3 Å². The topological polar surface area (TPSA) is 6.48 Å². The Bertz CT molecular complexity index is 2550. The van der Waals surface area contributed by atoms with Gasteiger partial charge in [0, 0.05) is 38.6 Å². The van der Waals surface area contributed by atoms with E-state index in [1.165, 1.54) is 66.8 Å². The molecule has 0 N–H and O–H groups in total. The second-order valence-corrected chi connectivity index (χ2v) is 16.6. The summed E-state index contributed by atoms with van der Waals surface area (Å²) in [6.45, 7) is 8.56. The average molecular weight is 796 g/mol. The van der Waals surface area contributed by atoms with Crippen molar-refractivity contribution in [3.05, 3.63) is 219 Å². The third-order valence-electron chi connectivity index (χ3n) is 11.9. The number of anilines is 6. The average Bonchev–Trinajstić information content (AvgIpc) is 3.66. The van der Waals surface area contributed by atoms with Gasteiger partial charge in [-0.2, -0.15) is 0 Å². The number of hydrogen-bond acceptors (Lipinski definition) is 2. The molecule has 8 aromatic rings. The van der Waals surface area contributed by atoms with Gasteiger partial charge >= 0.3 is 0 Å². The van der Waals surface area contributed by atoms with Crippen LogP contribution in [0.4, 0.5) is 34.1 Å². The molecule has 2 aliphatic rings. The normalized spacial score (nSPS) is 12.9. The number of aryl methyl sites for hydroxylation is 4. The molecule has 0 saturated heterocycles. The summed E-state index contributed by atoms with van der Waals surface area (Å²) in [7, 11) is 6.77. The maximum atomic E-state index is 6.77. The number of fused-ring (bicyclic) bond motifs is 10. The summed E-state index contributed by atoms with van der Waals surface area (Å²) in [5.41, 5.74) is 21.5. The molecule has 0 unspecified atom stereocenters. The molecule has 272 valence electrons. The Morgan fingerprint density at radius 1 is 0.351 bits per heavy atom. The second-order valence-electron chi connectivity index (χ2n) is 15.7. The molecule has 0 bridgehead atoms. The minimum Gasteiger partial charge on any atom is -0.310 e. The summed E-state index contributed by atoms with van der Waals surface area (Å²) >= 11 is 3.91. The van der Waals surface area contributed by atoms with Gasteiger partial charge in [0.2, 0.25) is 0 Å². The van der Waals surface area contributed by atoms with E-state index in [9.17, 15) is 0 Å². The van der Waals surface area contributed by atoms with Crippen molar-refractivity contribution in [1.29, 1.82) is 0 Å². The molecule has 0 amide bonds. The molecular weight excluding hydrogens is 755 g/mol. The van der Waals surface area contributed by atoms with Crippen LogP contribution >= 0.6 is 15.9 Å². The molecular formula is C53H40BBrN2. The molecule has 2 radical (unpaired) electrons. The van der Waals surface area contributed by atoms with Crippen LogP contribution < -0.4 is 15.3 Å². The summed E-state index contributed by atoms with van der Waals surface area (Å²) in [4.78, 5) is 4.77. The maximum absolute atomic E-state index is 6.77. The van der Waals surface area contributed by atoms with E-state index in [1.807, 2.05) is 6.07 Å². The lowest BCUT2D eigenvalue weighted by molar-refractivity contribution is 0.793. The van der Waals surface area contributed by atoms with Crippen LogP contribution in [0.2, 0.25) is 0 Å². The molecule has 8 aromatic carbocycles. The largest absolute Gasteiger partial charge is 0.310 e. The molecule has 2 aliphatic carbocycles. The highest BCUT2D eigenvalue weighted by atomic mass is 79.9. The minimum atomic E-state index is -0.640. The Morgan fingerprint density at radius 3 is 1.04 bits per heavy atom.